The Morgan fingerprint density at radius 3 is 1.93 bits per heavy atom. The Morgan fingerprint density at radius 2 is 1.38 bits per heavy atom. The summed E-state index contributed by atoms with van der Waals surface area (Å²) in [4.78, 5) is 17.8. The van der Waals surface area contributed by atoms with Crippen molar-refractivity contribution in [3.05, 3.63) is 54.6 Å². The lowest BCUT2D eigenvalue weighted by molar-refractivity contribution is -0.121. The molecule has 1 atom stereocenters. The summed E-state index contributed by atoms with van der Waals surface area (Å²) in [5, 5.41) is 3.20. The van der Waals surface area contributed by atoms with Crippen LogP contribution in [-0.2, 0) is 4.79 Å². The Morgan fingerprint density at radius 1 is 0.828 bits per heavy atom. The average Bonchev–Trinajstić information content (AvgIpc) is 2.72. The number of anilines is 1. The lowest BCUT2D eigenvalue weighted by Crippen LogP contribution is -2.50. The van der Waals surface area contributed by atoms with Gasteiger partial charge in [-0.2, -0.15) is 0 Å². The number of amides is 1. The highest BCUT2D eigenvalue weighted by Crippen LogP contribution is 2.27. The van der Waals surface area contributed by atoms with Gasteiger partial charge in [0.05, 0.1) is 0 Å². The normalized spacial score (nSPS) is 11.5. The van der Waals surface area contributed by atoms with Crippen LogP contribution < -0.4 is 5.32 Å². The molecule has 0 aromatic heterocycles. The molecule has 1 N–H and O–H groups in total. The van der Waals surface area contributed by atoms with Crippen LogP contribution in [0.15, 0.2) is 54.6 Å². The molecular formula is C23H35Cl2N3O. The molecule has 0 saturated carbocycles. The Labute approximate surface area is 188 Å². The van der Waals surface area contributed by atoms with E-state index in [4.69, 9.17) is 0 Å². The van der Waals surface area contributed by atoms with Crippen LogP contribution in [0.3, 0.4) is 0 Å². The zero-order valence-electron chi connectivity index (χ0n) is 17.9. The number of hydrogen-bond donors (Lipinski definition) is 1. The second kappa shape index (κ2) is 14.4. The van der Waals surface area contributed by atoms with Crippen molar-refractivity contribution in [2.24, 2.45) is 0 Å². The maximum atomic E-state index is 13.2. The largest absolute Gasteiger partial charge is 0.324 e. The molecule has 0 radical (unpaired) electrons. The van der Waals surface area contributed by atoms with Gasteiger partial charge in [0.25, 0.3) is 0 Å². The second-order valence-electron chi connectivity index (χ2n) is 6.62. The van der Waals surface area contributed by atoms with Gasteiger partial charge >= 0.3 is 0 Å². The van der Waals surface area contributed by atoms with Crippen LogP contribution in [0.25, 0.3) is 11.1 Å². The first-order valence-corrected chi connectivity index (χ1v) is 10.1. The van der Waals surface area contributed by atoms with Crippen LogP contribution in [0, 0.1) is 0 Å². The van der Waals surface area contributed by atoms with Crippen molar-refractivity contribution < 1.29 is 4.79 Å². The van der Waals surface area contributed by atoms with E-state index in [0.29, 0.717) is 0 Å². The van der Waals surface area contributed by atoms with Crippen LogP contribution in [0.4, 0.5) is 5.69 Å². The molecule has 162 valence electrons. The molecule has 0 spiro atoms. The number of rotatable bonds is 10. The molecule has 0 bridgehead atoms. The van der Waals surface area contributed by atoms with Crippen LogP contribution >= 0.6 is 24.8 Å². The Kier molecular flexibility index (Phi) is 13.6. The number of halogens is 2. The summed E-state index contributed by atoms with van der Waals surface area (Å²) in [7, 11) is 0. The summed E-state index contributed by atoms with van der Waals surface area (Å²) >= 11 is 0. The topological polar surface area (TPSA) is 35.6 Å². The summed E-state index contributed by atoms with van der Waals surface area (Å²) in [5.74, 6) is 0.0639. The quantitative estimate of drug-likeness (QED) is 0.553. The average molecular weight is 440 g/mol. The Balaban J connectivity index is 0.00000392. The van der Waals surface area contributed by atoms with E-state index in [1.54, 1.807) is 0 Å². The summed E-state index contributed by atoms with van der Waals surface area (Å²) < 4.78 is 0. The number of benzene rings is 2. The minimum atomic E-state index is -0.163. The molecular weight excluding hydrogens is 405 g/mol. The number of carbonyl (C=O) groups excluding carboxylic acids is 1. The second-order valence-corrected chi connectivity index (χ2v) is 6.62. The molecule has 2 rings (SSSR count). The van der Waals surface area contributed by atoms with Gasteiger partial charge in [-0.25, -0.2) is 0 Å². The first-order chi connectivity index (χ1) is 13.1. The highest BCUT2D eigenvalue weighted by Gasteiger charge is 2.26. The summed E-state index contributed by atoms with van der Waals surface area (Å²) in [6, 6.07) is 18.0. The van der Waals surface area contributed by atoms with Crippen molar-refractivity contribution in [2.75, 3.05) is 38.0 Å². The maximum Gasteiger partial charge on any atom is 0.243 e. The van der Waals surface area contributed by atoms with E-state index >= 15 is 0 Å². The van der Waals surface area contributed by atoms with Gasteiger partial charge in [0.1, 0.15) is 6.04 Å². The predicted molar refractivity (Wildman–Crippen MR) is 130 cm³/mol. The number of hydrogen-bond acceptors (Lipinski definition) is 3. The third-order valence-electron chi connectivity index (χ3n) is 5.15. The van der Waals surface area contributed by atoms with E-state index in [1.165, 1.54) is 0 Å². The minimum Gasteiger partial charge on any atom is -0.324 e. The van der Waals surface area contributed by atoms with Crippen molar-refractivity contribution in [2.45, 2.75) is 33.7 Å². The maximum absolute atomic E-state index is 13.2. The zero-order valence-corrected chi connectivity index (χ0v) is 19.6. The molecule has 0 aliphatic carbocycles. The van der Waals surface area contributed by atoms with Crippen LogP contribution in [0.2, 0.25) is 0 Å². The third-order valence-corrected chi connectivity index (χ3v) is 5.15. The lowest BCUT2D eigenvalue weighted by Gasteiger charge is -2.32. The zero-order chi connectivity index (χ0) is 19.6. The molecule has 0 aliphatic rings. The SMILES string of the molecule is CCN(CC)CC(C(=O)Nc1ccccc1-c1ccccc1)N(CC)CC.Cl.Cl. The number of nitrogens with one attached hydrogen (secondary N) is 1. The molecule has 6 heteroatoms. The predicted octanol–water partition coefficient (Wildman–Crippen LogP) is 5.19. The summed E-state index contributed by atoms with van der Waals surface area (Å²) in [6.07, 6.45) is 0. The Bertz CT molecular complexity index is 704. The van der Waals surface area contributed by atoms with Gasteiger partial charge in [0, 0.05) is 17.8 Å². The molecule has 2 aromatic carbocycles. The van der Waals surface area contributed by atoms with Crippen molar-refractivity contribution in [3.8, 4) is 11.1 Å². The van der Waals surface area contributed by atoms with Gasteiger partial charge < -0.3 is 10.2 Å². The summed E-state index contributed by atoms with van der Waals surface area (Å²) in [5.41, 5.74) is 3.02. The smallest absolute Gasteiger partial charge is 0.243 e. The van der Waals surface area contributed by atoms with Crippen LogP contribution in [0.5, 0.6) is 0 Å². The fourth-order valence-electron chi connectivity index (χ4n) is 3.43. The van der Waals surface area contributed by atoms with E-state index in [-0.39, 0.29) is 36.8 Å². The lowest BCUT2D eigenvalue weighted by atomic mass is 10.0. The number of para-hydroxylation sites is 1. The van der Waals surface area contributed by atoms with Crippen molar-refractivity contribution in [1.82, 2.24) is 9.80 Å². The van der Waals surface area contributed by atoms with Gasteiger partial charge in [-0.1, -0.05) is 76.2 Å². The van der Waals surface area contributed by atoms with E-state index in [1.807, 2.05) is 36.4 Å². The number of nitrogens with zero attached hydrogens (tertiary/aromatic N) is 2. The van der Waals surface area contributed by atoms with Crippen molar-refractivity contribution in [3.63, 3.8) is 0 Å². The Hall–Kier alpha value is -1.59. The molecule has 1 unspecified atom stereocenters. The standard InChI is InChI=1S/C23H33N3O.2ClH/c1-5-25(6-2)18-22(26(7-3)8-4)23(27)24-21-17-13-12-16-20(21)19-14-10-9-11-15-19;;/h9-17,22H,5-8,18H2,1-4H3,(H,24,27);2*1H. The van der Waals surface area contributed by atoms with Crippen molar-refractivity contribution >= 4 is 36.4 Å². The number of likely N-dealkylation sites (N-methyl/N-ethyl adjacent to an activating group) is 2. The molecule has 0 heterocycles. The fourth-order valence-corrected chi connectivity index (χ4v) is 3.43. The first-order valence-electron chi connectivity index (χ1n) is 10.1. The molecule has 0 fully saturated rings. The fraction of sp³-hybridized carbons (Fsp3) is 0.435. The first kappa shape index (κ1) is 27.4. The van der Waals surface area contributed by atoms with E-state index < -0.39 is 0 Å². The summed E-state index contributed by atoms with van der Waals surface area (Å²) in [6.45, 7) is 12.9. The van der Waals surface area contributed by atoms with E-state index in [0.717, 1.165) is 49.5 Å². The van der Waals surface area contributed by atoms with Gasteiger partial charge in [0.2, 0.25) is 5.91 Å². The van der Waals surface area contributed by atoms with Crippen LogP contribution in [-0.4, -0.2) is 54.5 Å². The van der Waals surface area contributed by atoms with Gasteiger partial charge in [-0.3, -0.25) is 9.69 Å². The molecule has 29 heavy (non-hydrogen) atoms. The molecule has 1 amide bonds. The van der Waals surface area contributed by atoms with Gasteiger partial charge in [-0.15, -0.1) is 24.8 Å². The highest BCUT2D eigenvalue weighted by atomic mass is 35.5. The third kappa shape index (κ3) is 7.63. The van der Waals surface area contributed by atoms with Crippen LogP contribution in [0.1, 0.15) is 27.7 Å². The highest BCUT2D eigenvalue weighted by molar-refractivity contribution is 5.98. The van der Waals surface area contributed by atoms with Crippen molar-refractivity contribution in [1.29, 1.82) is 0 Å². The molecule has 4 nitrogen and oxygen atoms in total. The molecule has 2 aromatic rings. The van der Waals surface area contributed by atoms with E-state index in [9.17, 15) is 4.79 Å². The van der Waals surface area contributed by atoms with Gasteiger partial charge in [0.15, 0.2) is 0 Å². The monoisotopic (exact) mass is 439 g/mol. The molecule has 0 aliphatic heterocycles. The van der Waals surface area contributed by atoms with E-state index in [2.05, 4.69) is 61.0 Å². The number of carbonyl (C=O) groups is 1. The minimum absolute atomic E-state index is 0. The molecule has 0 saturated heterocycles. The van der Waals surface area contributed by atoms with Gasteiger partial charge in [-0.05, 0) is 37.8 Å².